The van der Waals surface area contributed by atoms with Crippen molar-refractivity contribution in [3.63, 3.8) is 0 Å². The number of benzene rings is 1. The van der Waals surface area contributed by atoms with E-state index in [1.165, 1.54) is 5.56 Å². The van der Waals surface area contributed by atoms with Crippen molar-refractivity contribution in [1.29, 1.82) is 0 Å². The van der Waals surface area contributed by atoms with Crippen molar-refractivity contribution in [3.8, 4) is 10.6 Å². The maximum atomic E-state index is 12.1. The summed E-state index contributed by atoms with van der Waals surface area (Å²) in [6, 6.07) is 8.58. The summed E-state index contributed by atoms with van der Waals surface area (Å²) in [7, 11) is 0. The van der Waals surface area contributed by atoms with Gasteiger partial charge in [-0.15, -0.1) is 36.2 Å². The summed E-state index contributed by atoms with van der Waals surface area (Å²) in [5, 5.41) is 9.35. The number of rotatable bonds is 4. The Balaban J connectivity index is 0.00000144. The van der Waals surface area contributed by atoms with Crippen LogP contribution in [-0.2, 0) is 11.2 Å². The number of carbonyl (C=O) groups is 1. The van der Waals surface area contributed by atoms with Crippen LogP contribution in [0.5, 0.6) is 0 Å². The van der Waals surface area contributed by atoms with Gasteiger partial charge in [0, 0.05) is 23.5 Å². The predicted octanol–water partition coefficient (Wildman–Crippen LogP) is 3.37. The molecule has 0 bridgehead atoms. The number of hydrogen-bond donors (Lipinski definition) is 2. The fourth-order valence-corrected chi connectivity index (χ4v) is 3.46. The lowest BCUT2D eigenvalue weighted by Crippen LogP contribution is -2.46. The Kier molecular flexibility index (Phi) is 8.70. The molecule has 132 valence electrons. The smallest absolute Gasteiger partial charge is 0.226 e. The summed E-state index contributed by atoms with van der Waals surface area (Å²) in [6.45, 7) is 4.00. The van der Waals surface area contributed by atoms with E-state index in [0.29, 0.717) is 6.42 Å². The quantitative estimate of drug-likeness (QED) is 0.845. The average molecular weight is 388 g/mol. The molecule has 1 aromatic carbocycles. The summed E-state index contributed by atoms with van der Waals surface area (Å²) in [5.74, 6) is 0.0643. The van der Waals surface area contributed by atoms with Gasteiger partial charge in [-0.3, -0.25) is 4.79 Å². The SMILES string of the molecule is Cc1ccc(-c2nc(CC(=O)NC3CCCNC3)cs2)cc1.Cl.Cl. The van der Waals surface area contributed by atoms with E-state index in [-0.39, 0.29) is 36.8 Å². The van der Waals surface area contributed by atoms with E-state index >= 15 is 0 Å². The van der Waals surface area contributed by atoms with Gasteiger partial charge in [0.1, 0.15) is 5.01 Å². The molecule has 1 fully saturated rings. The second-order valence-electron chi connectivity index (χ2n) is 5.80. The molecule has 4 nitrogen and oxygen atoms in total. The molecular formula is C17H23Cl2N3OS. The minimum absolute atomic E-state index is 0. The van der Waals surface area contributed by atoms with E-state index in [4.69, 9.17) is 0 Å². The highest BCUT2D eigenvalue weighted by Gasteiger charge is 2.16. The van der Waals surface area contributed by atoms with E-state index in [9.17, 15) is 4.79 Å². The van der Waals surface area contributed by atoms with Crippen LogP contribution >= 0.6 is 36.2 Å². The number of nitrogens with zero attached hydrogens (tertiary/aromatic N) is 1. The molecule has 1 amide bonds. The van der Waals surface area contributed by atoms with Gasteiger partial charge in [0.05, 0.1) is 12.1 Å². The molecule has 0 saturated carbocycles. The first-order valence-electron chi connectivity index (χ1n) is 7.72. The van der Waals surface area contributed by atoms with Crippen molar-refractivity contribution < 1.29 is 4.79 Å². The number of amides is 1. The van der Waals surface area contributed by atoms with E-state index < -0.39 is 0 Å². The molecule has 1 saturated heterocycles. The zero-order valence-electron chi connectivity index (χ0n) is 13.6. The molecule has 0 aliphatic carbocycles. The van der Waals surface area contributed by atoms with Crippen molar-refractivity contribution in [2.45, 2.75) is 32.2 Å². The largest absolute Gasteiger partial charge is 0.352 e. The van der Waals surface area contributed by atoms with Crippen molar-refractivity contribution in [2.24, 2.45) is 0 Å². The van der Waals surface area contributed by atoms with Crippen LogP contribution in [0.3, 0.4) is 0 Å². The molecule has 3 rings (SSSR count). The minimum atomic E-state index is 0. The second-order valence-corrected chi connectivity index (χ2v) is 6.66. The van der Waals surface area contributed by atoms with Crippen LogP contribution in [-0.4, -0.2) is 30.0 Å². The van der Waals surface area contributed by atoms with Crippen LogP contribution < -0.4 is 10.6 Å². The molecule has 1 aromatic heterocycles. The molecule has 1 aliphatic heterocycles. The minimum Gasteiger partial charge on any atom is -0.352 e. The number of aryl methyl sites for hydroxylation is 1. The van der Waals surface area contributed by atoms with Crippen LogP contribution in [0.15, 0.2) is 29.6 Å². The average Bonchev–Trinajstić information content (AvgIpc) is 2.97. The summed E-state index contributed by atoms with van der Waals surface area (Å²) in [6.07, 6.45) is 2.54. The van der Waals surface area contributed by atoms with Gasteiger partial charge in [-0.2, -0.15) is 0 Å². The number of thiazole rings is 1. The third kappa shape index (κ3) is 5.74. The van der Waals surface area contributed by atoms with Gasteiger partial charge in [0.25, 0.3) is 0 Å². The number of piperidine rings is 1. The van der Waals surface area contributed by atoms with Crippen LogP contribution in [0.1, 0.15) is 24.1 Å². The first-order chi connectivity index (χ1) is 10.7. The Morgan fingerprint density at radius 3 is 2.75 bits per heavy atom. The second kappa shape index (κ2) is 9.99. The van der Waals surface area contributed by atoms with Gasteiger partial charge in [-0.25, -0.2) is 4.98 Å². The standard InChI is InChI=1S/C17H21N3OS.2ClH/c1-12-4-6-13(7-5-12)17-20-15(11-22-17)9-16(21)19-14-3-2-8-18-10-14;;/h4-7,11,14,18H,2-3,8-10H2,1H3,(H,19,21);2*1H. The summed E-state index contributed by atoms with van der Waals surface area (Å²) >= 11 is 1.59. The fraction of sp³-hybridized carbons (Fsp3) is 0.412. The van der Waals surface area contributed by atoms with Crippen LogP contribution in [0.25, 0.3) is 10.6 Å². The Hall–Kier alpha value is -1.14. The van der Waals surface area contributed by atoms with Crippen molar-refractivity contribution in [1.82, 2.24) is 15.6 Å². The Labute approximate surface area is 159 Å². The van der Waals surface area contributed by atoms with Crippen molar-refractivity contribution >= 4 is 42.1 Å². The molecule has 1 aliphatic rings. The van der Waals surface area contributed by atoms with Gasteiger partial charge in [-0.05, 0) is 26.3 Å². The highest BCUT2D eigenvalue weighted by Crippen LogP contribution is 2.24. The number of carbonyl (C=O) groups excluding carboxylic acids is 1. The van der Waals surface area contributed by atoms with Gasteiger partial charge >= 0.3 is 0 Å². The normalized spacial score (nSPS) is 16.6. The monoisotopic (exact) mass is 387 g/mol. The predicted molar refractivity (Wildman–Crippen MR) is 105 cm³/mol. The lowest BCUT2D eigenvalue weighted by molar-refractivity contribution is -0.121. The maximum Gasteiger partial charge on any atom is 0.226 e. The molecule has 24 heavy (non-hydrogen) atoms. The summed E-state index contributed by atoms with van der Waals surface area (Å²) in [5.41, 5.74) is 3.20. The molecule has 2 N–H and O–H groups in total. The first kappa shape index (κ1) is 20.9. The van der Waals surface area contributed by atoms with E-state index in [2.05, 4.69) is 46.8 Å². The highest BCUT2D eigenvalue weighted by molar-refractivity contribution is 7.13. The number of hydrogen-bond acceptors (Lipinski definition) is 4. The highest BCUT2D eigenvalue weighted by atomic mass is 35.5. The van der Waals surface area contributed by atoms with Crippen molar-refractivity contribution in [2.75, 3.05) is 13.1 Å². The molecule has 0 spiro atoms. The Morgan fingerprint density at radius 2 is 2.08 bits per heavy atom. The maximum absolute atomic E-state index is 12.1. The molecule has 2 aromatic rings. The lowest BCUT2D eigenvalue weighted by Gasteiger charge is -2.23. The van der Waals surface area contributed by atoms with Crippen LogP contribution in [0, 0.1) is 6.92 Å². The van der Waals surface area contributed by atoms with E-state index in [1.54, 1.807) is 11.3 Å². The number of aromatic nitrogens is 1. The molecule has 1 atom stereocenters. The van der Waals surface area contributed by atoms with Gasteiger partial charge < -0.3 is 10.6 Å². The van der Waals surface area contributed by atoms with Crippen LogP contribution in [0.4, 0.5) is 0 Å². The third-order valence-electron chi connectivity index (χ3n) is 3.85. The zero-order valence-corrected chi connectivity index (χ0v) is 16.0. The van der Waals surface area contributed by atoms with Crippen molar-refractivity contribution in [3.05, 3.63) is 40.9 Å². The Bertz CT molecular complexity index is 640. The lowest BCUT2D eigenvalue weighted by atomic mass is 10.1. The Morgan fingerprint density at radius 1 is 1.33 bits per heavy atom. The summed E-state index contributed by atoms with van der Waals surface area (Å²) in [4.78, 5) is 16.7. The van der Waals surface area contributed by atoms with Gasteiger partial charge in [0.15, 0.2) is 0 Å². The summed E-state index contributed by atoms with van der Waals surface area (Å²) < 4.78 is 0. The molecule has 2 heterocycles. The van der Waals surface area contributed by atoms with E-state index in [1.807, 2.05) is 5.38 Å². The fourth-order valence-electron chi connectivity index (χ4n) is 2.64. The molecular weight excluding hydrogens is 365 g/mol. The van der Waals surface area contributed by atoms with E-state index in [0.717, 1.165) is 42.2 Å². The topological polar surface area (TPSA) is 54.0 Å². The first-order valence-corrected chi connectivity index (χ1v) is 8.60. The number of halogens is 2. The number of nitrogens with one attached hydrogen (secondary N) is 2. The van der Waals surface area contributed by atoms with Gasteiger partial charge in [-0.1, -0.05) is 29.8 Å². The third-order valence-corrected chi connectivity index (χ3v) is 4.79. The van der Waals surface area contributed by atoms with Gasteiger partial charge in [0.2, 0.25) is 5.91 Å². The van der Waals surface area contributed by atoms with Crippen LogP contribution in [0.2, 0.25) is 0 Å². The molecule has 7 heteroatoms. The zero-order chi connectivity index (χ0) is 15.4. The molecule has 1 unspecified atom stereocenters. The molecule has 0 radical (unpaired) electrons.